The SMILES string of the molecule is CC1CC(=O)NN=C1c1ccc(/C(=N/N)c2cccc(C#N)c2)cc1. The maximum atomic E-state index is 11.4. The second kappa shape index (κ2) is 6.97. The van der Waals surface area contributed by atoms with Crippen LogP contribution in [0.5, 0.6) is 0 Å². The maximum absolute atomic E-state index is 11.4. The van der Waals surface area contributed by atoms with Crippen LogP contribution in [0.2, 0.25) is 0 Å². The van der Waals surface area contributed by atoms with Gasteiger partial charge in [-0.2, -0.15) is 15.5 Å². The van der Waals surface area contributed by atoms with Gasteiger partial charge in [-0.25, -0.2) is 5.43 Å². The zero-order valence-corrected chi connectivity index (χ0v) is 13.7. The van der Waals surface area contributed by atoms with Gasteiger partial charge < -0.3 is 5.84 Å². The molecule has 0 aromatic heterocycles. The molecular weight excluding hydrogens is 314 g/mol. The van der Waals surface area contributed by atoms with Gasteiger partial charge in [-0.1, -0.05) is 43.3 Å². The second-order valence-corrected chi connectivity index (χ2v) is 5.88. The van der Waals surface area contributed by atoms with Crippen molar-refractivity contribution in [1.82, 2.24) is 5.43 Å². The Bertz CT molecular complexity index is 906. The first-order chi connectivity index (χ1) is 12.1. The van der Waals surface area contributed by atoms with Gasteiger partial charge in [-0.3, -0.25) is 4.79 Å². The summed E-state index contributed by atoms with van der Waals surface area (Å²) < 4.78 is 0. The molecule has 1 aliphatic heterocycles. The zero-order chi connectivity index (χ0) is 17.8. The lowest BCUT2D eigenvalue weighted by Crippen LogP contribution is -2.31. The number of amides is 1. The van der Waals surface area contributed by atoms with E-state index in [-0.39, 0.29) is 11.8 Å². The highest BCUT2D eigenvalue weighted by Gasteiger charge is 2.21. The summed E-state index contributed by atoms with van der Waals surface area (Å²) in [5, 5.41) is 17.1. The minimum Gasteiger partial charge on any atom is -0.323 e. The smallest absolute Gasteiger partial charge is 0.240 e. The van der Waals surface area contributed by atoms with E-state index in [2.05, 4.69) is 21.7 Å². The molecule has 0 radical (unpaired) electrons. The summed E-state index contributed by atoms with van der Waals surface area (Å²) in [6.07, 6.45) is 0.428. The van der Waals surface area contributed by atoms with E-state index in [1.54, 1.807) is 18.2 Å². The van der Waals surface area contributed by atoms with E-state index < -0.39 is 0 Å². The minimum absolute atomic E-state index is 0.0644. The van der Waals surface area contributed by atoms with E-state index in [0.717, 1.165) is 22.4 Å². The van der Waals surface area contributed by atoms with E-state index in [1.807, 2.05) is 37.3 Å². The zero-order valence-electron chi connectivity index (χ0n) is 13.7. The molecule has 3 N–H and O–H groups in total. The van der Waals surface area contributed by atoms with Crippen LogP contribution in [0.4, 0.5) is 0 Å². The molecule has 1 atom stereocenters. The summed E-state index contributed by atoms with van der Waals surface area (Å²) in [5.74, 6) is 5.58. The monoisotopic (exact) mass is 331 g/mol. The fourth-order valence-electron chi connectivity index (χ4n) is 2.85. The Hall–Kier alpha value is -3.46. The molecule has 0 bridgehead atoms. The number of nitrogens with two attached hydrogens (primary N) is 1. The van der Waals surface area contributed by atoms with Crippen LogP contribution < -0.4 is 11.3 Å². The molecule has 1 heterocycles. The Morgan fingerprint density at radius 1 is 1.28 bits per heavy atom. The number of rotatable bonds is 3. The van der Waals surface area contributed by atoms with Gasteiger partial charge >= 0.3 is 0 Å². The fourth-order valence-corrected chi connectivity index (χ4v) is 2.85. The van der Waals surface area contributed by atoms with Gasteiger partial charge in [0.2, 0.25) is 5.91 Å². The van der Waals surface area contributed by atoms with Crippen LogP contribution in [-0.2, 0) is 4.79 Å². The Morgan fingerprint density at radius 2 is 2.04 bits per heavy atom. The van der Waals surface area contributed by atoms with Crippen molar-refractivity contribution >= 4 is 17.3 Å². The van der Waals surface area contributed by atoms with Crippen LogP contribution in [-0.4, -0.2) is 17.3 Å². The number of nitriles is 1. The molecule has 2 aromatic carbocycles. The van der Waals surface area contributed by atoms with Crippen LogP contribution in [0.3, 0.4) is 0 Å². The van der Waals surface area contributed by atoms with Crippen molar-refractivity contribution < 1.29 is 4.79 Å². The number of nitrogens with one attached hydrogen (secondary N) is 1. The predicted octanol–water partition coefficient (Wildman–Crippen LogP) is 2.13. The Kier molecular flexibility index (Phi) is 4.57. The lowest BCUT2D eigenvalue weighted by Gasteiger charge is -2.19. The average molecular weight is 331 g/mol. The summed E-state index contributed by atoms with van der Waals surface area (Å²) >= 11 is 0. The van der Waals surface area contributed by atoms with Gasteiger partial charge in [0.15, 0.2) is 0 Å². The molecule has 124 valence electrons. The highest BCUT2D eigenvalue weighted by molar-refractivity contribution is 6.13. The molecule has 0 saturated carbocycles. The molecule has 6 nitrogen and oxygen atoms in total. The molecule has 0 fully saturated rings. The lowest BCUT2D eigenvalue weighted by atomic mass is 9.92. The molecule has 0 aliphatic carbocycles. The summed E-state index contributed by atoms with van der Waals surface area (Å²) in [5.41, 5.74) is 7.10. The van der Waals surface area contributed by atoms with E-state index in [0.29, 0.717) is 17.7 Å². The Labute approximate surface area is 145 Å². The molecule has 25 heavy (non-hydrogen) atoms. The molecule has 6 heteroatoms. The van der Waals surface area contributed by atoms with E-state index >= 15 is 0 Å². The van der Waals surface area contributed by atoms with Crippen LogP contribution in [0.1, 0.15) is 35.6 Å². The summed E-state index contributed by atoms with van der Waals surface area (Å²) in [7, 11) is 0. The molecule has 1 aliphatic rings. The van der Waals surface area contributed by atoms with Crippen molar-refractivity contribution in [3.8, 4) is 6.07 Å². The van der Waals surface area contributed by atoms with Gasteiger partial charge in [-0.15, -0.1) is 0 Å². The lowest BCUT2D eigenvalue weighted by molar-refractivity contribution is -0.121. The number of carbonyl (C=O) groups excluding carboxylic acids is 1. The first-order valence-electron chi connectivity index (χ1n) is 7.88. The van der Waals surface area contributed by atoms with E-state index in [4.69, 9.17) is 11.1 Å². The normalized spacial score (nSPS) is 17.4. The summed E-state index contributed by atoms with van der Waals surface area (Å²) in [4.78, 5) is 11.4. The summed E-state index contributed by atoms with van der Waals surface area (Å²) in [6.45, 7) is 1.98. The van der Waals surface area contributed by atoms with Gasteiger partial charge in [0.1, 0.15) is 0 Å². The van der Waals surface area contributed by atoms with Crippen LogP contribution in [0, 0.1) is 17.2 Å². The molecule has 0 saturated heterocycles. The first-order valence-corrected chi connectivity index (χ1v) is 7.88. The topological polar surface area (TPSA) is 104 Å². The number of hydrogen-bond acceptors (Lipinski definition) is 5. The van der Waals surface area contributed by atoms with Crippen LogP contribution >= 0.6 is 0 Å². The average Bonchev–Trinajstić information content (AvgIpc) is 2.63. The highest BCUT2D eigenvalue weighted by Crippen LogP contribution is 2.19. The number of hydrogen-bond donors (Lipinski definition) is 2. The van der Waals surface area contributed by atoms with Gasteiger partial charge in [-0.05, 0) is 17.7 Å². The first kappa shape index (κ1) is 16.4. The van der Waals surface area contributed by atoms with E-state index in [9.17, 15) is 4.79 Å². The number of carbonyl (C=O) groups is 1. The maximum Gasteiger partial charge on any atom is 0.240 e. The van der Waals surface area contributed by atoms with Crippen molar-refractivity contribution in [2.45, 2.75) is 13.3 Å². The molecule has 0 spiro atoms. The fraction of sp³-hybridized carbons (Fsp3) is 0.158. The van der Waals surface area contributed by atoms with Crippen LogP contribution in [0.25, 0.3) is 0 Å². The van der Waals surface area contributed by atoms with Crippen molar-refractivity contribution in [2.24, 2.45) is 22.0 Å². The minimum atomic E-state index is -0.0669. The number of nitrogens with zero attached hydrogens (tertiary/aromatic N) is 3. The number of hydrazone groups is 2. The van der Waals surface area contributed by atoms with Crippen molar-refractivity contribution in [1.29, 1.82) is 5.26 Å². The predicted molar refractivity (Wildman–Crippen MR) is 95.9 cm³/mol. The molecule has 2 aromatic rings. The number of benzene rings is 2. The standard InChI is InChI=1S/C19H17N5O/c1-12-9-17(25)23-24-18(12)14-5-7-15(8-6-14)19(22-21)16-4-2-3-13(10-16)11-20/h2-8,10,12H,9,21H2,1H3,(H,23,25)/b22-19-. The molecular formula is C19H17N5O. The highest BCUT2D eigenvalue weighted by atomic mass is 16.2. The van der Waals surface area contributed by atoms with Crippen molar-refractivity contribution in [2.75, 3.05) is 0 Å². The van der Waals surface area contributed by atoms with Gasteiger partial charge in [0.05, 0.1) is 23.1 Å². The van der Waals surface area contributed by atoms with Gasteiger partial charge in [0, 0.05) is 23.5 Å². The van der Waals surface area contributed by atoms with Crippen molar-refractivity contribution in [3.05, 3.63) is 70.8 Å². The largest absolute Gasteiger partial charge is 0.323 e. The molecule has 1 amide bonds. The second-order valence-electron chi connectivity index (χ2n) is 5.88. The Balaban J connectivity index is 1.91. The van der Waals surface area contributed by atoms with Gasteiger partial charge in [0.25, 0.3) is 0 Å². The summed E-state index contributed by atoms with van der Waals surface area (Å²) in [6, 6.07) is 16.9. The molecule has 1 unspecified atom stereocenters. The third-order valence-corrected chi connectivity index (χ3v) is 4.11. The quantitative estimate of drug-likeness (QED) is 0.511. The third-order valence-electron chi connectivity index (χ3n) is 4.11. The molecule has 3 rings (SSSR count). The van der Waals surface area contributed by atoms with Crippen LogP contribution in [0.15, 0.2) is 58.7 Å². The van der Waals surface area contributed by atoms with E-state index in [1.165, 1.54) is 0 Å². The Morgan fingerprint density at radius 3 is 2.68 bits per heavy atom. The third kappa shape index (κ3) is 3.40. The van der Waals surface area contributed by atoms with Crippen molar-refractivity contribution in [3.63, 3.8) is 0 Å².